The van der Waals surface area contributed by atoms with Gasteiger partial charge in [-0.3, -0.25) is 4.79 Å². The lowest BCUT2D eigenvalue weighted by molar-refractivity contribution is 0.0719. The minimum Gasteiger partial charge on any atom is -0.383 e. The Hall–Kier alpha value is -2.40. The fraction of sp³-hybridized carbons (Fsp3) is 0.333. The van der Waals surface area contributed by atoms with E-state index in [1.54, 1.807) is 24.3 Å². The fourth-order valence-electron chi connectivity index (χ4n) is 2.82. The molecule has 1 atom stereocenters. The van der Waals surface area contributed by atoms with Gasteiger partial charge in [-0.1, -0.05) is 30.3 Å². The van der Waals surface area contributed by atoms with Crippen LogP contribution in [0, 0.1) is 0 Å². The molecule has 2 heterocycles. The number of amides is 1. The van der Waals surface area contributed by atoms with Crippen molar-refractivity contribution in [3.63, 3.8) is 0 Å². The second-order valence-electron chi connectivity index (χ2n) is 5.68. The van der Waals surface area contributed by atoms with E-state index in [4.69, 9.17) is 4.74 Å². The Morgan fingerprint density at radius 2 is 2.09 bits per heavy atom. The molecule has 0 bridgehead atoms. The molecule has 5 heteroatoms. The van der Waals surface area contributed by atoms with Crippen LogP contribution in [0.3, 0.4) is 0 Å². The molecule has 0 fully saturated rings. The van der Waals surface area contributed by atoms with Gasteiger partial charge in [0.15, 0.2) is 0 Å². The van der Waals surface area contributed by atoms with Crippen molar-refractivity contribution in [3.05, 3.63) is 59.3 Å². The van der Waals surface area contributed by atoms with E-state index in [0.29, 0.717) is 19.7 Å². The summed E-state index contributed by atoms with van der Waals surface area (Å²) in [6, 6.07) is 12.1. The number of nitrogens with one attached hydrogen (secondary N) is 1. The molecule has 1 aromatic carbocycles. The molecular weight excluding hydrogens is 290 g/mol. The Kier molecular flexibility index (Phi) is 4.57. The minimum atomic E-state index is 0.0508. The van der Waals surface area contributed by atoms with Gasteiger partial charge in [-0.25, -0.2) is 4.98 Å². The quantitative estimate of drug-likeness (QED) is 0.891. The number of nitrogens with zero attached hydrogens (tertiary/aromatic N) is 2. The Labute approximate surface area is 136 Å². The third-order valence-corrected chi connectivity index (χ3v) is 4.14. The molecule has 1 aliphatic heterocycles. The molecule has 3 rings (SSSR count). The smallest absolute Gasteiger partial charge is 0.254 e. The maximum absolute atomic E-state index is 12.4. The molecule has 2 aromatic rings. The Bertz CT molecular complexity index is 688. The summed E-state index contributed by atoms with van der Waals surface area (Å²) in [6.07, 6.45) is 1.69. The van der Waals surface area contributed by atoms with Crippen molar-refractivity contribution in [1.29, 1.82) is 0 Å². The zero-order chi connectivity index (χ0) is 16.2. The zero-order valence-corrected chi connectivity index (χ0v) is 13.5. The highest BCUT2D eigenvalue weighted by molar-refractivity contribution is 5.99. The number of anilines is 1. The van der Waals surface area contributed by atoms with Crippen LogP contribution in [0.5, 0.6) is 0 Å². The number of benzene rings is 1. The molecule has 0 saturated heterocycles. The molecular formula is C18H21N3O2. The molecule has 23 heavy (non-hydrogen) atoms. The van der Waals surface area contributed by atoms with E-state index >= 15 is 0 Å². The van der Waals surface area contributed by atoms with Crippen LogP contribution >= 0.6 is 0 Å². The maximum Gasteiger partial charge on any atom is 0.254 e. The van der Waals surface area contributed by atoms with Gasteiger partial charge < -0.3 is 15.0 Å². The molecule has 1 N–H and O–H groups in total. The average Bonchev–Trinajstić information content (AvgIpc) is 2.91. The van der Waals surface area contributed by atoms with Crippen LogP contribution in [0.4, 0.5) is 5.82 Å². The molecule has 0 radical (unpaired) electrons. The normalized spacial score (nSPS) is 14.7. The second kappa shape index (κ2) is 6.79. The summed E-state index contributed by atoms with van der Waals surface area (Å²) in [5.74, 6) is 0.835. The Morgan fingerprint density at radius 1 is 1.30 bits per heavy atom. The monoisotopic (exact) mass is 311 g/mol. The maximum atomic E-state index is 12.4. The number of carbonyl (C=O) groups excluding carboxylic acids is 1. The summed E-state index contributed by atoms with van der Waals surface area (Å²) in [5, 5.41) is 3.43. The van der Waals surface area contributed by atoms with Gasteiger partial charge in [0.2, 0.25) is 0 Å². The van der Waals surface area contributed by atoms with E-state index in [-0.39, 0.29) is 11.9 Å². The van der Waals surface area contributed by atoms with Crippen molar-refractivity contribution in [1.82, 2.24) is 9.88 Å². The van der Waals surface area contributed by atoms with E-state index in [0.717, 1.165) is 16.9 Å². The summed E-state index contributed by atoms with van der Waals surface area (Å²) < 4.78 is 5.08. The van der Waals surface area contributed by atoms with E-state index in [1.165, 1.54) is 5.56 Å². The van der Waals surface area contributed by atoms with Crippen LogP contribution in [0.2, 0.25) is 0 Å². The van der Waals surface area contributed by atoms with Gasteiger partial charge in [0.1, 0.15) is 5.82 Å². The van der Waals surface area contributed by atoms with Crippen LogP contribution in [0.15, 0.2) is 42.6 Å². The number of rotatable bonds is 6. The van der Waals surface area contributed by atoms with Gasteiger partial charge in [0.05, 0.1) is 13.2 Å². The molecule has 120 valence electrons. The molecule has 0 saturated carbocycles. The third-order valence-electron chi connectivity index (χ3n) is 4.14. The number of carbonyl (C=O) groups is 1. The molecule has 1 aliphatic rings. The summed E-state index contributed by atoms with van der Waals surface area (Å²) >= 11 is 0. The van der Waals surface area contributed by atoms with Gasteiger partial charge in [0, 0.05) is 37.0 Å². The summed E-state index contributed by atoms with van der Waals surface area (Å²) in [7, 11) is 1.64. The first kappa shape index (κ1) is 15.5. The second-order valence-corrected chi connectivity index (χ2v) is 5.68. The predicted molar refractivity (Wildman–Crippen MR) is 89.3 cm³/mol. The highest BCUT2D eigenvalue weighted by Gasteiger charge is 2.29. The van der Waals surface area contributed by atoms with Crippen molar-refractivity contribution in [2.45, 2.75) is 19.5 Å². The van der Waals surface area contributed by atoms with E-state index < -0.39 is 0 Å². The molecule has 0 spiro atoms. The summed E-state index contributed by atoms with van der Waals surface area (Å²) in [4.78, 5) is 18.7. The lowest BCUT2D eigenvalue weighted by atomic mass is 10.1. The molecule has 1 amide bonds. The highest BCUT2D eigenvalue weighted by Crippen LogP contribution is 2.29. The number of aromatic nitrogens is 1. The van der Waals surface area contributed by atoms with Crippen molar-refractivity contribution in [2.24, 2.45) is 0 Å². The third kappa shape index (κ3) is 3.19. The van der Waals surface area contributed by atoms with Gasteiger partial charge >= 0.3 is 0 Å². The van der Waals surface area contributed by atoms with Crippen LogP contribution in [-0.2, 0) is 11.3 Å². The van der Waals surface area contributed by atoms with Crippen LogP contribution in [0.1, 0.15) is 34.5 Å². The summed E-state index contributed by atoms with van der Waals surface area (Å²) in [5.41, 5.74) is 2.89. The van der Waals surface area contributed by atoms with Crippen molar-refractivity contribution in [3.8, 4) is 0 Å². The number of fused-ring (bicyclic) bond motifs is 1. The first-order valence-electron chi connectivity index (χ1n) is 7.78. The van der Waals surface area contributed by atoms with Gasteiger partial charge in [0.25, 0.3) is 5.91 Å². The Morgan fingerprint density at radius 3 is 2.83 bits per heavy atom. The molecule has 1 aromatic heterocycles. The van der Waals surface area contributed by atoms with Crippen LogP contribution in [0.25, 0.3) is 0 Å². The number of pyridine rings is 1. The fourth-order valence-corrected chi connectivity index (χ4v) is 2.82. The van der Waals surface area contributed by atoms with Crippen molar-refractivity contribution in [2.75, 3.05) is 25.6 Å². The lowest BCUT2D eigenvalue weighted by Crippen LogP contribution is -2.27. The number of ether oxygens (including phenoxy) is 1. The average molecular weight is 311 g/mol. The number of hydrogen-bond donors (Lipinski definition) is 1. The molecule has 0 unspecified atom stereocenters. The van der Waals surface area contributed by atoms with Crippen LogP contribution < -0.4 is 5.32 Å². The largest absolute Gasteiger partial charge is 0.383 e. The van der Waals surface area contributed by atoms with E-state index in [2.05, 4.69) is 29.4 Å². The first-order chi connectivity index (χ1) is 11.2. The SMILES string of the molecule is COCCN1Cc2c(ccnc2N[C@@H](C)c2ccccc2)C1=O. The topological polar surface area (TPSA) is 54.5 Å². The van der Waals surface area contributed by atoms with Crippen molar-refractivity contribution < 1.29 is 9.53 Å². The zero-order valence-electron chi connectivity index (χ0n) is 13.5. The first-order valence-corrected chi connectivity index (χ1v) is 7.78. The lowest BCUT2D eigenvalue weighted by Gasteiger charge is -2.17. The summed E-state index contributed by atoms with van der Waals surface area (Å²) in [6.45, 7) is 3.80. The molecule has 5 nitrogen and oxygen atoms in total. The Balaban J connectivity index is 1.80. The highest BCUT2D eigenvalue weighted by atomic mass is 16.5. The van der Waals surface area contributed by atoms with E-state index in [9.17, 15) is 4.79 Å². The predicted octanol–water partition coefficient (Wildman–Crippen LogP) is 2.86. The molecule has 0 aliphatic carbocycles. The van der Waals surface area contributed by atoms with Gasteiger partial charge in [-0.05, 0) is 18.6 Å². The van der Waals surface area contributed by atoms with Crippen LogP contribution in [-0.4, -0.2) is 36.1 Å². The van der Waals surface area contributed by atoms with E-state index in [1.807, 2.05) is 18.2 Å². The minimum absolute atomic E-state index is 0.0508. The number of hydrogen-bond acceptors (Lipinski definition) is 4. The van der Waals surface area contributed by atoms with Gasteiger partial charge in [-0.15, -0.1) is 0 Å². The standard InChI is InChI=1S/C18H21N3O2/c1-13(14-6-4-3-5-7-14)20-17-16-12-21(10-11-23-2)18(22)15(16)8-9-19-17/h3-9,13H,10-12H2,1-2H3,(H,19,20)/t13-/m0/s1. The number of methoxy groups -OCH3 is 1. The van der Waals surface area contributed by atoms with Crippen molar-refractivity contribution >= 4 is 11.7 Å². The van der Waals surface area contributed by atoms with Gasteiger partial charge in [-0.2, -0.15) is 0 Å².